The smallest absolute Gasteiger partial charge is 0.407 e. The Hall–Kier alpha value is -2.18. The predicted octanol–water partition coefficient (Wildman–Crippen LogP) is 5.03. The minimum atomic E-state index is -0.989. The van der Waals surface area contributed by atoms with Crippen LogP contribution in [-0.4, -0.2) is 53.7 Å². The van der Waals surface area contributed by atoms with Crippen LogP contribution in [-0.2, 0) is 16.0 Å². The molecule has 0 aromatic heterocycles. The van der Waals surface area contributed by atoms with Crippen LogP contribution >= 0.6 is 23.2 Å². The van der Waals surface area contributed by atoms with E-state index in [0.29, 0.717) is 31.3 Å². The third-order valence-corrected chi connectivity index (χ3v) is 4.99. The lowest BCUT2D eigenvalue weighted by atomic mass is 9.96. The maximum absolute atomic E-state index is 12.2. The highest BCUT2D eigenvalue weighted by atomic mass is 35.5. The van der Waals surface area contributed by atoms with E-state index in [1.165, 1.54) is 0 Å². The first kappa shape index (κ1) is 25.1. The molecular formula is C23H30Cl2N2O4. The molecule has 0 radical (unpaired) electrons. The third kappa shape index (κ3) is 7.78. The Kier molecular flexibility index (Phi) is 9.26. The van der Waals surface area contributed by atoms with Crippen molar-refractivity contribution in [1.29, 1.82) is 0 Å². The molecule has 2 aromatic carbocycles. The number of aliphatic carboxylic acids is 1. The first-order valence-corrected chi connectivity index (χ1v) is 11.3. The summed E-state index contributed by atoms with van der Waals surface area (Å²) >= 11 is 12.0. The quantitative estimate of drug-likeness (QED) is 0.477. The van der Waals surface area contributed by atoms with Gasteiger partial charge >= 0.3 is 12.1 Å². The average Bonchev–Trinajstić information content (AvgIpc) is 2.65. The number of anilines is 1. The second kappa shape index (κ2) is 11.4. The van der Waals surface area contributed by atoms with Gasteiger partial charge in [0.1, 0.15) is 5.60 Å². The van der Waals surface area contributed by atoms with Crippen molar-refractivity contribution in [3.8, 4) is 0 Å². The normalized spacial score (nSPS) is 12.4. The molecule has 0 fully saturated rings. The number of hydrogen-bond acceptors (Lipinski definition) is 4. The van der Waals surface area contributed by atoms with E-state index in [1.807, 2.05) is 36.4 Å². The number of carboxylic acids is 1. The van der Waals surface area contributed by atoms with Crippen molar-refractivity contribution in [1.82, 2.24) is 5.32 Å². The summed E-state index contributed by atoms with van der Waals surface area (Å²) in [6.07, 6.45) is -0.479. The molecule has 6 nitrogen and oxygen atoms in total. The second-order valence-corrected chi connectivity index (χ2v) is 9.06. The molecule has 2 rings (SSSR count). The van der Waals surface area contributed by atoms with Gasteiger partial charge in [-0.15, -0.1) is 23.2 Å². The number of carbonyl (C=O) groups is 2. The molecule has 0 aliphatic heterocycles. The zero-order chi connectivity index (χ0) is 23.0. The van der Waals surface area contributed by atoms with E-state index in [-0.39, 0.29) is 6.42 Å². The number of fused-ring (bicyclic) bond motifs is 1. The van der Waals surface area contributed by atoms with E-state index >= 15 is 0 Å². The topological polar surface area (TPSA) is 78.9 Å². The molecule has 0 aliphatic rings. The molecule has 31 heavy (non-hydrogen) atoms. The monoisotopic (exact) mass is 468 g/mol. The fraction of sp³-hybridized carbons (Fsp3) is 0.478. The van der Waals surface area contributed by atoms with Gasteiger partial charge in [-0.25, -0.2) is 4.79 Å². The highest BCUT2D eigenvalue weighted by Gasteiger charge is 2.22. The largest absolute Gasteiger partial charge is 0.481 e. The number of nitrogens with one attached hydrogen (secondary N) is 1. The standard InChI is InChI=1S/C23H30Cl2N2O4/c1-23(2,3)31-22(30)26-17(15-21(28)29)14-16-6-4-8-19-18(16)7-5-9-20(19)27(12-10-24)13-11-25/h4-9,17H,10-15H2,1-3H3,(H,26,30)(H,28,29)/t17-/m0/s1. The van der Waals surface area contributed by atoms with Gasteiger partial charge in [0.15, 0.2) is 0 Å². The van der Waals surface area contributed by atoms with Crippen LogP contribution in [0.3, 0.4) is 0 Å². The summed E-state index contributed by atoms with van der Waals surface area (Å²) in [5.41, 5.74) is 1.30. The lowest BCUT2D eigenvalue weighted by Gasteiger charge is -2.26. The minimum Gasteiger partial charge on any atom is -0.481 e. The summed E-state index contributed by atoms with van der Waals surface area (Å²) in [6.45, 7) is 6.62. The number of alkyl halides is 2. The van der Waals surface area contributed by atoms with Crippen molar-refractivity contribution in [3.05, 3.63) is 42.0 Å². The van der Waals surface area contributed by atoms with E-state index < -0.39 is 23.7 Å². The third-order valence-electron chi connectivity index (χ3n) is 4.65. The van der Waals surface area contributed by atoms with Crippen LogP contribution in [0.25, 0.3) is 10.8 Å². The fourth-order valence-electron chi connectivity index (χ4n) is 3.49. The van der Waals surface area contributed by atoms with Gasteiger partial charge in [-0.05, 0) is 44.2 Å². The zero-order valence-electron chi connectivity index (χ0n) is 18.2. The van der Waals surface area contributed by atoms with Crippen LogP contribution < -0.4 is 10.2 Å². The maximum Gasteiger partial charge on any atom is 0.407 e. The van der Waals surface area contributed by atoms with E-state index in [9.17, 15) is 14.7 Å². The minimum absolute atomic E-state index is 0.208. The lowest BCUT2D eigenvalue weighted by molar-refractivity contribution is -0.137. The highest BCUT2D eigenvalue weighted by molar-refractivity contribution is 6.18. The first-order chi connectivity index (χ1) is 14.6. The molecule has 0 bridgehead atoms. The number of ether oxygens (including phenoxy) is 1. The fourth-order valence-corrected chi connectivity index (χ4v) is 3.90. The summed E-state index contributed by atoms with van der Waals surface area (Å²) in [5, 5.41) is 14.1. The number of hydrogen-bond donors (Lipinski definition) is 2. The Morgan fingerprint density at radius 2 is 1.68 bits per heavy atom. The molecule has 0 saturated heterocycles. The Labute approximate surface area is 193 Å². The molecule has 1 atom stereocenters. The summed E-state index contributed by atoms with van der Waals surface area (Å²) < 4.78 is 5.30. The number of halogens is 2. The Morgan fingerprint density at radius 3 is 2.26 bits per heavy atom. The number of amides is 1. The summed E-state index contributed by atoms with van der Waals surface area (Å²) in [6, 6.07) is 11.3. The lowest BCUT2D eigenvalue weighted by Crippen LogP contribution is -2.41. The van der Waals surface area contributed by atoms with Gasteiger partial charge in [-0.3, -0.25) is 4.79 Å². The number of nitrogens with zero attached hydrogens (tertiary/aromatic N) is 1. The van der Waals surface area contributed by atoms with Crippen LogP contribution in [0.2, 0.25) is 0 Å². The molecule has 0 heterocycles. The van der Waals surface area contributed by atoms with E-state index in [2.05, 4.69) is 10.2 Å². The Bertz CT molecular complexity index is 893. The van der Waals surface area contributed by atoms with Gasteiger partial charge in [0.05, 0.1) is 6.42 Å². The predicted molar refractivity (Wildman–Crippen MR) is 127 cm³/mol. The molecule has 8 heteroatoms. The van der Waals surface area contributed by atoms with Gasteiger partial charge in [0.25, 0.3) is 0 Å². The van der Waals surface area contributed by atoms with Gasteiger partial charge in [0.2, 0.25) is 0 Å². The summed E-state index contributed by atoms with van der Waals surface area (Å²) in [4.78, 5) is 25.8. The maximum atomic E-state index is 12.2. The van der Waals surface area contributed by atoms with Crippen molar-refractivity contribution in [2.24, 2.45) is 0 Å². The van der Waals surface area contributed by atoms with Gasteiger partial charge in [-0.2, -0.15) is 0 Å². The summed E-state index contributed by atoms with van der Waals surface area (Å²) in [7, 11) is 0. The number of benzene rings is 2. The molecular weight excluding hydrogens is 439 g/mol. The molecule has 0 aliphatic carbocycles. The Morgan fingerprint density at radius 1 is 1.06 bits per heavy atom. The average molecular weight is 469 g/mol. The first-order valence-electron chi connectivity index (χ1n) is 10.2. The molecule has 170 valence electrons. The van der Waals surface area contributed by atoms with Gasteiger partial charge in [-0.1, -0.05) is 30.3 Å². The van der Waals surface area contributed by atoms with Gasteiger partial charge in [0, 0.05) is 42.0 Å². The van der Waals surface area contributed by atoms with Crippen LogP contribution in [0.1, 0.15) is 32.8 Å². The van der Waals surface area contributed by atoms with Crippen molar-refractivity contribution >= 4 is 51.7 Å². The van der Waals surface area contributed by atoms with Crippen molar-refractivity contribution < 1.29 is 19.4 Å². The SMILES string of the molecule is CC(C)(C)OC(=O)N[C@H](CC(=O)O)Cc1cccc2c(N(CCCl)CCCl)cccc12. The van der Waals surface area contributed by atoms with E-state index in [1.54, 1.807) is 20.8 Å². The van der Waals surface area contributed by atoms with Crippen molar-refractivity contribution in [3.63, 3.8) is 0 Å². The number of carboxylic acid groups (broad SMARTS) is 1. The molecule has 2 aromatic rings. The molecule has 0 spiro atoms. The van der Waals surface area contributed by atoms with Gasteiger partial charge < -0.3 is 20.1 Å². The molecule has 1 amide bonds. The molecule has 2 N–H and O–H groups in total. The molecule has 0 saturated carbocycles. The number of alkyl carbamates (subject to hydrolysis) is 1. The van der Waals surface area contributed by atoms with Crippen LogP contribution in [0.4, 0.5) is 10.5 Å². The van der Waals surface area contributed by atoms with Crippen molar-refractivity contribution in [2.45, 2.75) is 45.3 Å². The number of rotatable bonds is 10. The zero-order valence-corrected chi connectivity index (χ0v) is 19.7. The molecule has 0 unspecified atom stereocenters. The Balaban J connectivity index is 2.36. The van der Waals surface area contributed by atoms with Crippen LogP contribution in [0.15, 0.2) is 36.4 Å². The highest BCUT2D eigenvalue weighted by Crippen LogP contribution is 2.30. The van der Waals surface area contributed by atoms with Crippen molar-refractivity contribution in [2.75, 3.05) is 29.7 Å². The van der Waals surface area contributed by atoms with E-state index in [0.717, 1.165) is 22.0 Å². The van der Waals surface area contributed by atoms with E-state index in [4.69, 9.17) is 27.9 Å². The second-order valence-electron chi connectivity index (χ2n) is 8.30. The van der Waals surface area contributed by atoms with Crippen LogP contribution in [0, 0.1) is 0 Å². The van der Waals surface area contributed by atoms with Crippen LogP contribution in [0.5, 0.6) is 0 Å². The summed E-state index contributed by atoms with van der Waals surface area (Å²) in [5.74, 6) is -0.0293. The number of carbonyl (C=O) groups excluding carboxylic acids is 1.